The molecule has 1 aromatic carbocycles. The number of hydrogen-bond acceptors (Lipinski definition) is 3. The molecule has 14 heavy (non-hydrogen) atoms. The molecule has 2 N–H and O–H groups in total. The smallest absolute Gasteiger partial charge is 0.389 e. The second kappa shape index (κ2) is 3.99. The Bertz CT molecular complexity index is 354. The standard InChI is InChI=1S/C8H6F3NO2/c9-6-2-1-4(12)3-5(6)7(13)14-8(10)11/h1-3,8H,12H2. The van der Waals surface area contributed by atoms with E-state index in [4.69, 9.17) is 5.73 Å². The number of carbonyl (C=O) groups is 1. The van der Waals surface area contributed by atoms with Crippen LogP contribution in [0, 0.1) is 5.82 Å². The minimum atomic E-state index is -3.27. The van der Waals surface area contributed by atoms with Gasteiger partial charge in [0.1, 0.15) is 5.82 Å². The molecular weight excluding hydrogens is 199 g/mol. The highest BCUT2D eigenvalue weighted by molar-refractivity contribution is 5.90. The highest BCUT2D eigenvalue weighted by Crippen LogP contribution is 2.14. The molecule has 0 spiro atoms. The lowest BCUT2D eigenvalue weighted by Gasteiger charge is -2.04. The molecule has 0 saturated heterocycles. The molecule has 0 saturated carbocycles. The van der Waals surface area contributed by atoms with Crippen LogP contribution in [-0.2, 0) is 4.74 Å². The van der Waals surface area contributed by atoms with Crippen molar-refractivity contribution in [2.45, 2.75) is 6.61 Å². The second-order valence-corrected chi connectivity index (χ2v) is 2.41. The average Bonchev–Trinajstić information content (AvgIpc) is 2.08. The number of hydrogen-bond donors (Lipinski definition) is 1. The summed E-state index contributed by atoms with van der Waals surface area (Å²) >= 11 is 0. The fourth-order valence-corrected chi connectivity index (χ4v) is 0.844. The van der Waals surface area contributed by atoms with Gasteiger partial charge >= 0.3 is 12.6 Å². The van der Waals surface area contributed by atoms with E-state index in [0.29, 0.717) is 0 Å². The predicted octanol–water partition coefficient (Wildman–Crippen LogP) is 1.79. The Labute approximate surface area is 77.3 Å². The summed E-state index contributed by atoms with van der Waals surface area (Å²) in [6, 6.07) is 3.03. The fraction of sp³-hybridized carbons (Fsp3) is 0.125. The molecule has 1 rings (SSSR count). The first-order valence-electron chi connectivity index (χ1n) is 3.55. The topological polar surface area (TPSA) is 52.3 Å². The number of benzene rings is 1. The molecule has 76 valence electrons. The number of ether oxygens (including phenoxy) is 1. The summed E-state index contributed by atoms with van der Waals surface area (Å²) in [5, 5.41) is 0. The maximum Gasteiger partial charge on any atom is 0.389 e. The van der Waals surface area contributed by atoms with Gasteiger partial charge in [-0.25, -0.2) is 9.18 Å². The molecule has 0 heterocycles. The quantitative estimate of drug-likeness (QED) is 0.591. The molecule has 0 aliphatic rings. The van der Waals surface area contributed by atoms with E-state index in [9.17, 15) is 18.0 Å². The lowest BCUT2D eigenvalue weighted by atomic mass is 10.2. The maximum atomic E-state index is 12.9. The number of rotatable bonds is 2. The largest absolute Gasteiger partial charge is 0.399 e. The number of esters is 1. The number of carbonyl (C=O) groups excluding carboxylic acids is 1. The Morgan fingerprint density at radius 1 is 1.43 bits per heavy atom. The first-order valence-corrected chi connectivity index (χ1v) is 3.55. The number of anilines is 1. The van der Waals surface area contributed by atoms with Crippen molar-refractivity contribution < 1.29 is 22.7 Å². The summed E-state index contributed by atoms with van der Waals surface area (Å²) in [6.07, 6.45) is 0. The van der Waals surface area contributed by atoms with Crippen molar-refractivity contribution in [1.29, 1.82) is 0 Å². The fourth-order valence-electron chi connectivity index (χ4n) is 0.844. The zero-order chi connectivity index (χ0) is 10.7. The van der Waals surface area contributed by atoms with Crippen molar-refractivity contribution in [3.8, 4) is 0 Å². The lowest BCUT2D eigenvalue weighted by molar-refractivity contribution is -0.0908. The third-order valence-electron chi connectivity index (χ3n) is 1.41. The van der Waals surface area contributed by atoms with Gasteiger partial charge in [0.05, 0.1) is 5.56 Å². The Hall–Kier alpha value is -1.72. The van der Waals surface area contributed by atoms with Crippen molar-refractivity contribution in [3.63, 3.8) is 0 Å². The van der Waals surface area contributed by atoms with Crippen molar-refractivity contribution in [2.24, 2.45) is 0 Å². The first kappa shape index (κ1) is 10.4. The molecule has 0 unspecified atom stereocenters. The van der Waals surface area contributed by atoms with Crippen molar-refractivity contribution in [2.75, 3.05) is 5.73 Å². The van der Waals surface area contributed by atoms with E-state index in [-0.39, 0.29) is 5.69 Å². The molecule has 0 amide bonds. The Morgan fingerprint density at radius 2 is 2.07 bits per heavy atom. The molecule has 6 heteroatoms. The van der Waals surface area contributed by atoms with E-state index in [1.807, 2.05) is 0 Å². The van der Waals surface area contributed by atoms with Crippen LogP contribution in [0.4, 0.5) is 18.9 Å². The third kappa shape index (κ3) is 2.38. The molecule has 3 nitrogen and oxygen atoms in total. The van der Waals surface area contributed by atoms with Crippen LogP contribution in [-0.4, -0.2) is 12.6 Å². The second-order valence-electron chi connectivity index (χ2n) is 2.41. The van der Waals surface area contributed by atoms with E-state index >= 15 is 0 Å². The monoisotopic (exact) mass is 205 g/mol. The van der Waals surface area contributed by atoms with Crippen molar-refractivity contribution >= 4 is 11.7 Å². The van der Waals surface area contributed by atoms with Gasteiger partial charge in [-0.2, -0.15) is 8.78 Å². The van der Waals surface area contributed by atoms with Gasteiger partial charge in [-0.3, -0.25) is 0 Å². The van der Waals surface area contributed by atoms with E-state index in [1.165, 1.54) is 6.07 Å². The van der Waals surface area contributed by atoms with Gasteiger partial charge in [0.2, 0.25) is 0 Å². The first-order chi connectivity index (χ1) is 6.50. The van der Waals surface area contributed by atoms with Crippen LogP contribution in [0.5, 0.6) is 0 Å². The van der Waals surface area contributed by atoms with Crippen LogP contribution in [0.3, 0.4) is 0 Å². The maximum absolute atomic E-state index is 12.9. The zero-order valence-electron chi connectivity index (χ0n) is 6.84. The van der Waals surface area contributed by atoms with Crippen LogP contribution in [0.15, 0.2) is 18.2 Å². The van der Waals surface area contributed by atoms with Crippen LogP contribution >= 0.6 is 0 Å². The average molecular weight is 205 g/mol. The normalized spacial score (nSPS) is 10.3. The minimum absolute atomic E-state index is 0.0904. The molecule has 0 fully saturated rings. The molecular formula is C8H6F3NO2. The summed E-state index contributed by atoms with van der Waals surface area (Å²) in [5.74, 6) is -2.39. The highest BCUT2D eigenvalue weighted by atomic mass is 19.3. The number of nitrogen functional groups attached to an aromatic ring is 1. The van der Waals surface area contributed by atoms with Crippen LogP contribution < -0.4 is 5.73 Å². The summed E-state index contributed by atoms with van der Waals surface area (Å²) in [7, 11) is 0. The van der Waals surface area contributed by atoms with Gasteiger partial charge < -0.3 is 10.5 Å². The molecule has 0 bridgehead atoms. The Kier molecular flexibility index (Phi) is 2.95. The summed E-state index contributed by atoms with van der Waals surface area (Å²) in [6.45, 7) is -3.27. The molecule has 0 aliphatic carbocycles. The number of halogens is 3. The minimum Gasteiger partial charge on any atom is -0.399 e. The van der Waals surface area contributed by atoms with Gasteiger partial charge in [-0.15, -0.1) is 0 Å². The summed E-state index contributed by atoms with van der Waals surface area (Å²) in [4.78, 5) is 10.8. The molecule has 0 radical (unpaired) electrons. The Balaban J connectivity index is 2.94. The molecule has 1 aromatic rings. The molecule has 0 aliphatic heterocycles. The van der Waals surface area contributed by atoms with E-state index < -0.39 is 24.0 Å². The highest BCUT2D eigenvalue weighted by Gasteiger charge is 2.17. The summed E-state index contributed by atoms with van der Waals surface area (Å²) < 4.78 is 39.6. The van der Waals surface area contributed by atoms with Gasteiger partial charge in [0.15, 0.2) is 0 Å². The third-order valence-corrected chi connectivity index (χ3v) is 1.41. The SMILES string of the molecule is Nc1ccc(F)c(C(=O)OC(F)F)c1. The summed E-state index contributed by atoms with van der Waals surface area (Å²) in [5.41, 5.74) is 4.72. The van der Waals surface area contributed by atoms with Gasteiger partial charge in [0, 0.05) is 5.69 Å². The number of nitrogens with two attached hydrogens (primary N) is 1. The van der Waals surface area contributed by atoms with E-state index in [2.05, 4.69) is 4.74 Å². The lowest BCUT2D eigenvalue weighted by Crippen LogP contribution is -2.11. The Morgan fingerprint density at radius 3 is 2.64 bits per heavy atom. The van der Waals surface area contributed by atoms with Crippen LogP contribution in [0.25, 0.3) is 0 Å². The van der Waals surface area contributed by atoms with Crippen LogP contribution in [0.1, 0.15) is 10.4 Å². The molecule has 0 atom stereocenters. The van der Waals surface area contributed by atoms with Gasteiger partial charge in [-0.05, 0) is 18.2 Å². The number of alkyl halides is 2. The van der Waals surface area contributed by atoms with Gasteiger partial charge in [0.25, 0.3) is 0 Å². The van der Waals surface area contributed by atoms with Crippen molar-refractivity contribution in [1.82, 2.24) is 0 Å². The van der Waals surface area contributed by atoms with Crippen LogP contribution in [0.2, 0.25) is 0 Å². The van der Waals surface area contributed by atoms with E-state index in [0.717, 1.165) is 12.1 Å². The van der Waals surface area contributed by atoms with Crippen molar-refractivity contribution in [3.05, 3.63) is 29.6 Å². The zero-order valence-corrected chi connectivity index (χ0v) is 6.84. The predicted molar refractivity (Wildman–Crippen MR) is 42.2 cm³/mol. The van der Waals surface area contributed by atoms with Gasteiger partial charge in [-0.1, -0.05) is 0 Å². The molecule has 0 aromatic heterocycles. The van der Waals surface area contributed by atoms with E-state index in [1.54, 1.807) is 0 Å².